The molecule has 0 bridgehead atoms. The van der Waals surface area contributed by atoms with Crippen LogP contribution in [0.25, 0.3) is 0 Å². The average Bonchev–Trinajstić information content (AvgIpc) is 2.46. The van der Waals surface area contributed by atoms with Crippen LogP contribution in [0.1, 0.15) is 44.4 Å². The molecule has 1 N–H and O–H groups in total. The number of hydrogen-bond acceptors (Lipinski definition) is 3. The van der Waals surface area contributed by atoms with Gasteiger partial charge in [-0.15, -0.1) is 0 Å². The summed E-state index contributed by atoms with van der Waals surface area (Å²) in [4.78, 5) is 0. The molecule has 0 fully saturated rings. The molecular formula is C18H31NO2. The van der Waals surface area contributed by atoms with Crippen molar-refractivity contribution in [1.29, 1.82) is 0 Å². The van der Waals surface area contributed by atoms with Crippen LogP contribution < -0.4 is 5.32 Å². The smallest absolute Gasteiger partial charge is 0.0952 e. The number of hydrogen-bond donors (Lipinski definition) is 1. The molecule has 1 aromatic carbocycles. The molecule has 0 spiro atoms. The van der Waals surface area contributed by atoms with E-state index >= 15 is 0 Å². The summed E-state index contributed by atoms with van der Waals surface area (Å²) < 4.78 is 11.6. The van der Waals surface area contributed by atoms with Crippen molar-refractivity contribution in [1.82, 2.24) is 5.32 Å². The number of benzene rings is 1. The van der Waals surface area contributed by atoms with Gasteiger partial charge >= 0.3 is 0 Å². The van der Waals surface area contributed by atoms with E-state index in [2.05, 4.69) is 57.3 Å². The zero-order valence-corrected chi connectivity index (χ0v) is 14.0. The van der Waals surface area contributed by atoms with Gasteiger partial charge in [-0.2, -0.15) is 0 Å². The summed E-state index contributed by atoms with van der Waals surface area (Å²) in [5.41, 5.74) is 2.55. The van der Waals surface area contributed by atoms with E-state index in [1.54, 1.807) is 0 Å². The normalized spacial score (nSPS) is 12.8. The van der Waals surface area contributed by atoms with Crippen molar-refractivity contribution >= 4 is 0 Å². The molecule has 3 nitrogen and oxygen atoms in total. The van der Waals surface area contributed by atoms with Crippen LogP contribution in [0.5, 0.6) is 0 Å². The van der Waals surface area contributed by atoms with Crippen LogP contribution in [-0.4, -0.2) is 32.9 Å². The van der Waals surface area contributed by atoms with Gasteiger partial charge in [0.25, 0.3) is 0 Å². The maximum Gasteiger partial charge on any atom is 0.0952 e. The van der Waals surface area contributed by atoms with E-state index in [-0.39, 0.29) is 6.10 Å². The lowest BCUT2D eigenvalue weighted by molar-refractivity contribution is -0.00145. The Balaban J connectivity index is 2.47. The summed E-state index contributed by atoms with van der Waals surface area (Å²) in [5.74, 6) is 0.573. The quantitative estimate of drug-likeness (QED) is 0.631. The summed E-state index contributed by atoms with van der Waals surface area (Å²) in [5, 5.41) is 3.45. The molecule has 3 heteroatoms. The molecule has 0 radical (unpaired) electrons. The molecule has 0 saturated heterocycles. The highest BCUT2D eigenvalue weighted by Gasteiger charge is 2.13. The summed E-state index contributed by atoms with van der Waals surface area (Å²) >= 11 is 0. The first-order valence-corrected chi connectivity index (χ1v) is 8.10. The van der Waals surface area contributed by atoms with Gasteiger partial charge in [-0.25, -0.2) is 0 Å². The predicted octanol–water partition coefficient (Wildman–Crippen LogP) is 3.72. The zero-order valence-electron chi connectivity index (χ0n) is 14.0. The van der Waals surface area contributed by atoms with Crippen molar-refractivity contribution in [3.05, 3.63) is 35.4 Å². The summed E-state index contributed by atoms with van der Waals surface area (Å²) in [6, 6.07) is 8.44. The third-order valence-corrected chi connectivity index (χ3v) is 3.29. The minimum Gasteiger partial charge on any atom is -0.379 e. The van der Waals surface area contributed by atoms with Crippen molar-refractivity contribution in [2.24, 2.45) is 5.92 Å². The Kier molecular flexibility index (Phi) is 9.31. The first-order valence-electron chi connectivity index (χ1n) is 8.10. The molecular weight excluding hydrogens is 262 g/mol. The monoisotopic (exact) mass is 293 g/mol. The van der Waals surface area contributed by atoms with Crippen LogP contribution in [0.4, 0.5) is 0 Å². The maximum atomic E-state index is 6.05. The largest absolute Gasteiger partial charge is 0.379 e. The van der Waals surface area contributed by atoms with Gasteiger partial charge in [-0.05, 0) is 36.9 Å². The molecule has 0 amide bonds. The van der Waals surface area contributed by atoms with Gasteiger partial charge in [0.05, 0.1) is 19.3 Å². The molecule has 0 aliphatic heterocycles. The molecule has 1 unspecified atom stereocenters. The highest BCUT2D eigenvalue weighted by atomic mass is 16.5. The van der Waals surface area contributed by atoms with Gasteiger partial charge in [0.2, 0.25) is 0 Å². The topological polar surface area (TPSA) is 30.5 Å². The fourth-order valence-electron chi connectivity index (χ4n) is 2.18. The summed E-state index contributed by atoms with van der Waals surface area (Å²) in [7, 11) is 0. The van der Waals surface area contributed by atoms with Crippen LogP contribution >= 0.6 is 0 Å². The predicted molar refractivity (Wildman–Crippen MR) is 88.7 cm³/mol. The minimum atomic E-state index is 0.0976. The summed E-state index contributed by atoms with van der Waals surface area (Å²) in [6.07, 6.45) is 1.23. The number of ether oxygens (including phenoxy) is 2. The molecule has 0 aliphatic carbocycles. The van der Waals surface area contributed by atoms with Crippen molar-refractivity contribution in [2.75, 3.05) is 32.9 Å². The molecule has 0 saturated carbocycles. The van der Waals surface area contributed by atoms with Crippen molar-refractivity contribution < 1.29 is 9.47 Å². The van der Waals surface area contributed by atoms with Crippen molar-refractivity contribution in [2.45, 2.75) is 40.2 Å². The van der Waals surface area contributed by atoms with Crippen LogP contribution in [0, 0.1) is 12.8 Å². The highest BCUT2D eigenvalue weighted by Crippen LogP contribution is 2.20. The Labute approximate surface area is 130 Å². The lowest BCUT2D eigenvalue weighted by Gasteiger charge is -2.21. The lowest BCUT2D eigenvalue weighted by atomic mass is 10.0. The van der Waals surface area contributed by atoms with E-state index in [4.69, 9.17) is 9.47 Å². The minimum absolute atomic E-state index is 0.0976. The Morgan fingerprint density at radius 1 is 1.14 bits per heavy atom. The van der Waals surface area contributed by atoms with E-state index in [1.165, 1.54) is 11.1 Å². The Bertz CT molecular complexity index is 379. The first kappa shape index (κ1) is 18.1. The second-order valence-electron chi connectivity index (χ2n) is 5.89. The molecule has 0 aromatic heterocycles. The van der Waals surface area contributed by atoms with Gasteiger partial charge in [0.15, 0.2) is 0 Å². The molecule has 120 valence electrons. The van der Waals surface area contributed by atoms with E-state index in [0.717, 1.165) is 26.1 Å². The first-order chi connectivity index (χ1) is 10.1. The molecule has 21 heavy (non-hydrogen) atoms. The van der Waals surface area contributed by atoms with Gasteiger partial charge in [0, 0.05) is 13.2 Å². The van der Waals surface area contributed by atoms with E-state index in [1.807, 2.05) is 0 Å². The van der Waals surface area contributed by atoms with E-state index in [9.17, 15) is 0 Å². The summed E-state index contributed by atoms with van der Waals surface area (Å²) in [6.45, 7) is 12.6. The number of aryl methyl sites for hydroxylation is 1. The fraction of sp³-hybridized carbons (Fsp3) is 0.667. The van der Waals surface area contributed by atoms with Crippen LogP contribution in [-0.2, 0) is 9.47 Å². The Morgan fingerprint density at radius 2 is 1.90 bits per heavy atom. The third-order valence-electron chi connectivity index (χ3n) is 3.29. The highest BCUT2D eigenvalue weighted by molar-refractivity contribution is 5.28. The molecule has 1 atom stereocenters. The van der Waals surface area contributed by atoms with Crippen LogP contribution in [0.15, 0.2) is 24.3 Å². The maximum absolute atomic E-state index is 6.05. The van der Waals surface area contributed by atoms with Gasteiger partial charge in [-0.1, -0.05) is 45.0 Å². The Morgan fingerprint density at radius 3 is 2.57 bits per heavy atom. The van der Waals surface area contributed by atoms with Crippen LogP contribution in [0.3, 0.4) is 0 Å². The fourth-order valence-corrected chi connectivity index (χ4v) is 2.18. The second kappa shape index (κ2) is 10.8. The van der Waals surface area contributed by atoms with Crippen molar-refractivity contribution in [3.8, 4) is 0 Å². The third kappa shape index (κ3) is 7.60. The van der Waals surface area contributed by atoms with E-state index in [0.29, 0.717) is 19.1 Å². The van der Waals surface area contributed by atoms with Crippen LogP contribution in [0.2, 0.25) is 0 Å². The number of nitrogens with one attached hydrogen (secondary N) is 1. The lowest BCUT2D eigenvalue weighted by Crippen LogP contribution is -2.25. The zero-order chi connectivity index (χ0) is 15.5. The van der Waals surface area contributed by atoms with Gasteiger partial charge in [-0.3, -0.25) is 0 Å². The van der Waals surface area contributed by atoms with Gasteiger partial charge < -0.3 is 14.8 Å². The Hall–Kier alpha value is -0.900. The van der Waals surface area contributed by atoms with Gasteiger partial charge in [0.1, 0.15) is 0 Å². The molecule has 1 aromatic rings. The standard InChI is InChI=1S/C18H31NO2/c1-5-10-19-13-18(17-9-7-6-8-16(17)4)21-12-11-20-14-15(2)3/h6-9,15,18-19H,5,10-14H2,1-4H3. The molecule has 1 rings (SSSR count). The second-order valence-corrected chi connectivity index (χ2v) is 5.89. The molecule has 0 aliphatic rings. The average molecular weight is 293 g/mol. The molecule has 0 heterocycles. The van der Waals surface area contributed by atoms with Crippen molar-refractivity contribution in [3.63, 3.8) is 0 Å². The van der Waals surface area contributed by atoms with E-state index < -0.39 is 0 Å². The number of rotatable bonds is 11. The SMILES string of the molecule is CCCNCC(OCCOCC(C)C)c1ccccc1C.